The van der Waals surface area contributed by atoms with Crippen molar-refractivity contribution in [1.29, 1.82) is 5.41 Å². The van der Waals surface area contributed by atoms with Gasteiger partial charge in [-0.2, -0.15) is 5.10 Å². The quantitative estimate of drug-likeness (QED) is 0.680. The molecule has 0 saturated heterocycles. The second kappa shape index (κ2) is 7.57. The molecule has 5 heteroatoms. The molecule has 3 aromatic rings. The number of carbonyl (C=O) groups excluding carboxylic acids is 1. The predicted molar refractivity (Wildman–Crippen MR) is 97.9 cm³/mol. The Bertz CT molecular complexity index is 866. The zero-order chi connectivity index (χ0) is 17.6. The van der Waals surface area contributed by atoms with Gasteiger partial charge in [0.05, 0.1) is 18.3 Å². The number of amides is 1. The van der Waals surface area contributed by atoms with Gasteiger partial charge >= 0.3 is 0 Å². The Morgan fingerprint density at radius 2 is 1.76 bits per heavy atom. The standard InChI is InChI=1S/C20H20N4O/c1-15(21)18-9-7-16(8-10-18)11-22-20(25)19-12-23-24(14-19)13-17-5-3-2-4-6-17/h2-10,12,14,21H,11,13H2,1H3,(H,22,25). The van der Waals surface area contributed by atoms with E-state index >= 15 is 0 Å². The number of nitrogens with zero attached hydrogens (tertiary/aromatic N) is 2. The van der Waals surface area contributed by atoms with Crippen molar-refractivity contribution in [3.05, 3.63) is 89.2 Å². The van der Waals surface area contributed by atoms with E-state index in [1.165, 1.54) is 0 Å². The Morgan fingerprint density at radius 1 is 1.04 bits per heavy atom. The van der Waals surface area contributed by atoms with E-state index in [2.05, 4.69) is 10.4 Å². The van der Waals surface area contributed by atoms with Crippen LogP contribution in [-0.4, -0.2) is 21.4 Å². The van der Waals surface area contributed by atoms with Crippen molar-refractivity contribution in [2.45, 2.75) is 20.0 Å². The van der Waals surface area contributed by atoms with E-state index in [-0.39, 0.29) is 5.91 Å². The zero-order valence-electron chi connectivity index (χ0n) is 14.1. The van der Waals surface area contributed by atoms with Crippen molar-refractivity contribution < 1.29 is 4.79 Å². The Labute approximate surface area is 146 Å². The predicted octanol–water partition coefficient (Wildman–Crippen LogP) is 3.25. The lowest BCUT2D eigenvalue weighted by Gasteiger charge is -2.05. The normalized spacial score (nSPS) is 10.4. The Hall–Kier alpha value is -3.21. The van der Waals surface area contributed by atoms with E-state index in [0.717, 1.165) is 16.7 Å². The molecular weight excluding hydrogens is 312 g/mol. The fourth-order valence-corrected chi connectivity index (χ4v) is 2.49. The monoisotopic (exact) mass is 332 g/mol. The van der Waals surface area contributed by atoms with Crippen LogP contribution in [0.25, 0.3) is 0 Å². The van der Waals surface area contributed by atoms with Crippen LogP contribution in [-0.2, 0) is 13.1 Å². The van der Waals surface area contributed by atoms with Crippen molar-refractivity contribution in [3.63, 3.8) is 0 Å². The smallest absolute Gasteiger partial charge is 0.254 e. The Balaban J connectivity index is 1.57. The topological polar surface area (TPSA) is 70.8 Å². The van der Waals surface area contributed by atoms with Crippen LogP contribution in [0.4, 0.5) is 0 Å². The van der Waals surface area contributed by atoms with E-state index in [4.69, 9.17) is 5.41 Å². The third-order valence-electron chi connectivity index (χ3n) is 3.92. The molecule has 0 saturated carbocycles. The molecule has 0 unspecified atom stereocenters. The number of rotatable bonds is 6. The van der Waals surface area contributed by atoms with Gasteiger partial charge in [0.1, 0.15) is 0 Å². The van der Waals surface area contributed by atoms with E-state index in [0.29, 0.717) is 24.4 Å². The molecule has 1 amide bonds. The maximum absolute atomic E-state index is 12.3. The highest BCUT2D eigenvalue weighted by atomic mass is 16.1. The highest BCUT2D eigenvalue weighted by Gasteiger charge is 2.08. The summed E-state index contributed by atoms with van der Waals surface area (Å²) in [5.41, 5.74) is 4.09. The molecule has 0 radical (unpaired) electrons. The minimum atomic E-state index is -0.147. The van der Waals surface area contributed by atoms with Gasteiger partial charge in [0.25, 0.3) is 5.91 Å². The van der Waals surface area contributed by atoms with E-state index < -0.39 is 0 Å². The average Bonchev–Trinajstić information content (AvgIpc) is 3.09. The zero-order valence-corrected chi connectivity index (χ0v) is 14.1. The molecule has 0 aliphatic carbocycles. The van der Waals surface area contributed by atoms with Crippen LogP contribution in [0.1, 0.15) is 34.0 Å². The molecule has 3 rings (SSSR count). The SMILES string of the molecule is CC(=N)c1ccc(CNC(=O)c2cnn(Cc3ccccc3)c2)cc1. The molecule has 0 fully saturated rings. The van der Waals surface area contributed by atoms with E-state index in [1.54, 1.807) is 24.0 Å². The highest BCUT2D eigenvalue weighted by molar-refractivity contribution is 5.96. The Kier molecular flexibility index (Phi) is 5.04. The van der Waals surface area contributed by atoms with Gasteiger partial charge in [-0.05, 0) is 23.6 Å². The summed E-state index contributed by atoms with van der Waals surface area (Å²) in [4.78, 5) is 12.3. The van der Waals surface area contributed by atoms with Gasteiger partial charge in [-0.3, -0.25) is 9.48 Å². The minimum absolute atomic E-state index is 0.147. The summed E-state index contributed by atoms with van der Waals surface area (Å²) in [6, 6.07) is 17.6. The molecule has 126 valence electrons. The fraction of sp³-hybridized carbons (Fsp3) is 0.150. The van der Waals surface area contributed by atoms with Gasteiger partial charge in [0.2, 0.25) is 0 Å². The number of aromatic nitrogens is 2. The summed E-state index contributed by atoms with van der Waals surface area (Å²) >= 11 is 0. The van der Waals surface area contributed by atoms with Crippen LogP contribution in [0.5, 0.6) is 0 Å². The molecule has 1 heterocycles. The maximum Gasteiger partial charge on any atom is 0.254 e. The number of nitrogens with one attached hydrogen (secondary N) is 2. The number of hydrogen-bond donors (Lipinski definition) is 2. The van der Waals surface area contributed by atoms with Crippen LogP contribution in [0, 0.1) is 5.41 Å². The number of hydrogen-bond acceptors (Lipinski definition) is 3. The third kappa shape index (κ3) is 4.41. The van der Waals surface area contributed by atoms with Crippen LogP contribution in [0.15, 0.2) is 67.0 Å². The van der Waals surface area contributed by atoms with Gasteiger partial charge in [0, 0.05) is 18.5 Å². The lowest BCUT2D eigenvalue weighted by atomic mass is 10.1. The second-order valence-electron chi connectivity index (χ2n) is 5.92. The van der Waals surface area contributed by atoms with Gasteiger partial charge in [-0.1, -0.05) is 54.6 Å². The van der Waals surface area contributed by atoms with Gasteiger partial charge in [0.15, 0.2) is 0 Å². The minimum Gasteiger partial charge on any atom is -0.348 e. The fourth-order valence-electron chi connectivity index (χ4n) is 2.49. The average molecular weight is 332 g/mol. The number of benzene rings is 2. The second-order valence-corrected chi connectivity index (χ2v) is 5.92. The van der Waals surface area contributed by atoms with Gasteiger partial charge in [-0.25, -0.2) is 0 Å². The van der Waals surface area contributed by atoms with E-state index in [1.807, 2.05) is 54.6 Å². The molecule has 5 nitrogen and oxygen atoms in total. The molecule has 0 aliphatic heterocycles. The number of carbonyl (C=O) groups is 1. The molecular formula is C20H20N4O. The molecule has 25 heavy (non-hydrogen) atoms. The lowest BCUT2D eigenvalue weighted by Crippen LogP contribution is -2.22. The molecule has 2 N–H and O–H groups in total. The summed E-state index contributed by atoms with van der Waals surface area (Å²) in [6.45, 7) is 2.84. The first-order chi connectivity index (χ1) is 12.1. The first-order valence-corrected chi connectivity index (χ1v) is 8.11. The third-order valence-corrected chi connectivity index (χ3v) is 3.92. The van der Waals surface area contributed by atoms with Crippen molar-refractivity contribution in [3.8, 4) is 0 Å². The highest BCUT2D eigenvalue weighted by Crippen LogP contribution is 2.07. The largest absolute Gasteiger partial charge is 0.348 e. The van der Waals surface area contributed by atoms with Gasteiger partial charge in [-0.15, -0.1) is 0 Å². The summed E-state index contributed by atoms with van der Waals surface area (Å²) in [5.74, 6) is -0.147. The first-order valence-electron chi connectivity index (χ1n) is 8.11. The van der Waals surface area contributed by atoms with Crippen LogP contribution in [0.2, 0.25) is 0 Å². The molecule has 2 aromatic carbocycles. The van der Waals surface area contributed by atoms with Crippen molar-refractivity contribution in [2.24, 2.45) is 0 Å². The molecule has 0 spiro atoms. The lowest BCUT2D eigenvalue weighted by molar-refractivity contribution is 0.0951. The molecule has 0 bridgehead atoms. The maximum atomic E-state index is 12.3. The van der Waals surface area contributed by atoms with Gasteiger partial charge < -0.3 is 10.7 Å². The van der Waals surface area contributed by atoms with Crippen LogP contribution >= 0.6 is 0 Å². The van der Waals surface area contributed by atoms with Crippen LogP contribution in [0.3, 0.4) is 0 Å². The Morgan fingerprint density at radius 3 is 2.44 bits per heavy atom. The summed E-state index contributed by atoms with van der Waals surface area (Å²) in [5, 5.41) is 14.7. The van der Waals surface area contributed by atoms with Crippen molar-refractivity contribution in [2.75, 3.05) is 0 Å². The summed E-state index contributed by atoms with van der Waals surface area (Å²) in [7, 11) is 0. The molecule has 0 aliphatic rings. The van der Waals surface area contributed by atoms with E-state index in [9.17, 15) is 4.79 Å². The van der Waals surface area contributed by atoms with Crippen molar-refractivity contribution >= 4 is 11.6 Å². The summed E-state index contributed by atoms with van der Waals surface area (Å²) in [6.07, 6.45) is 3.34. The summed E-state index contributed by atoms with van der Waals surface area (Å²) < 4.78 is 1.76. The van der Waals surface area contributed by atoms with Crippen LogP contribution < -0.4 is 5.32 Å². The molecule has 0 atom stereocenters. The first kappa shape index (κ1) is 16.6. The van der Waals surface area contributed by atoms with Crippen molar-refractivity contribution in [1.82, 2.24) is 15.1 Å². The molecule has 1 aromatic heterocycles.